The monoisotopic (exact) mass is 383 g/mol. The molecule has 0 fully saturated rings. The van der Waals surface area contributed by atoms with Gasteiger partial charge in [0, 0.05) is 13.1 Å². The van der Waals surface area contributed by atoms with Gasteiger partial charge in [0.15, 0.2) is 10.4 Å². The average Bonchev–Trinajstić information content (AvgIpc) is 2.98. The molecule has 0 unspecified atom stereocenters. The van der Waals surface area contributed by atoms with Crippen molar-refractivity contribution in [2.45, 2.75) is 13.0 Å². The summed E-state index contributed by atoms with van der Waals surface area (Å²) in [5, 5.41) is 0. The number of carbonyl (C=O) groups is 2. The summed E-state index contributed by atoms with van der Waals surface area (Å²) in [5.41, 5.74) is 0.746. The highest BCUT2D eigenvalue weighted by molar-refractivity contribution is 9.10. The molecule has 0 saturated heterocycles. The van der Waals surface area contributed by atoms with Gasteiger partial charge in [-0.2, -0.15) is 0 Å². The van der Waals surface area contributed by atoms with E-state index in [-0.39, 0.29) is 37.0 Å². The molecule has 0 N–H and O–H groups in total. The Labute approximate surface area is 141 Å². The molecule has 0 atom stereocenters. The minimum Gasteiger partial charge on any atom is -0.469 e. The van der Waals surface area contributed by atoms with Gasteiger partial charge in [-0.15, -0.1) is 0 Å². The van der Waals surface area contributed by atoms with Crippen molar-refractivity contribution < 1.29 is 23.1 Å². The lowest BCUT2D eigenvalue weighted by molar-refractivity contribution is -0.140. The van der Waals surface area contributed by atoms with E-state index < -0.39 is 5.97 Å². The summed E-state index contributed by atoms with van der Waals surface area (Å²) in [7, 11) is 1.29. The van der Waals surface area contributed by atoms with Crippen LogP contribution in [0.5, 0.6) is 0 Å². The van der Waals surface area contributed by atoms with Crippen LogP contribution in [0.1, 0.15) is 22.5 Å². The molecule has 0 bridgehead atoms. The van der Waals surface area contributed by atoms with Crippen LogP contribution in [-0.4, -0.2) is 30.4 Å². The molecule has 1 amide bonds. The molecule has 2 rings (SSSR count). The lowest BCUT2D eigenvalue weighted by atomic mass is 10.2. The van der Waals surface area contributed by atoms with Crippen molar-refractivity contribution in [1.29, 1.82) is 0 Å². The molecule has 23 heavy (non-hydrogen) atoms. The minimum absolute atomic E-state index is 0.0608. The second-order valence-corrected chi connectivity index (χ2v) is 5.56. The van der Waals surface area contributed by atoms with E-state index in [1.807, 2.05) is 0 Å². The molecule has 2 aromatic rings. The fraction of sp³-hybridized carbons (Fsp3) is 0.250. The lowest BCUT2D eigenvalue weighted by Gasteiger charge is -2.21. The van der Waals surface area contributed by atoms with E-state index in [0.717, 1.165) is 5.56 Å². The number of rotatable bonds is 6. The van der Waals surface area contributed by atoms with Gasteiger partial charge < -0.3 is 14.1 Å². The number of esters is 1. The molecule has 5 nitrogen and oxygen atoms in total. The first kappa shape index (κ1) is 17.2. The molecule has 0 aliphatic carbocycles. The van der Waals surface area contributed by atoms with Crippen LogP contribution in [0.15, 0.2) is 45.5 Å². The first-order valence-electron chi connectivity index (χ1n) is 6.85. The van der Waals surface area contributed by atoms with Crippen LogP contribution in [0.25, 0.3) is 0 Å². The van der Waals surface area contributed by atoms with Gasteiger partial charge in [-0.3, -0.25) is 9.59 Å². The van der Waals surface area contributed by atoms with Gasteiger partial charge in [-0.1, -0.05) is 12.1 Å². The molecule has 0 saturated carbocycles. The summed E-state index contributed by atoms with van der Waals surface area (Å²) in [6.07, 6.45) is 0.0608. The average molecular weight is 384 g/mol. The molecular formula is C16H15BrFNO4. The van der Waals surface area contributed by atoms with Crippen LogP contribution in [0, 0.1) is 5.82 Å². The van der Waals surface area contributed by atoms with E-state index in [4.69, 9.17) is 4.42 Å². The van der Waals surface area contributed by atoms with Crippen LogP contribution < -0.4 is 0 Å². The zero-order chi connectivity index (χ0) is 16.8. The van der Waals surface area contributed by atoms with Crippen LogP contribution in [0.3, 0.4) is 0 Å². The Hall–Kier alpha value is -2.15. The standard InChI is InChI=1S/C16H15BrFNO4/c1-22-15(20)8-9-19(10-11-2-4-12(18)5-3-11)16(21)13-6-7-14(17)23-13/h2-7H,8-10H2,1H3. The number of nitrogens with zero attached hydrogens (tertiary/aromatic N) is 1. The Balaban J connectivity index is 2.14. The summed E-state index contributed by atoms with van der Waals surface area (Å²) < 4.78 is 23.3. The third-order valence-corrected chi connectivity index (χ3v) is 3.60. The Bertz CT molecular complexity index is 684. The number of hydrogen-bond donors (Lipinski definition) is 0. The second-order valence-electron chi connectivity index (χ2n) is 4.78. The maximum Gasteiger partial charge on any atom is 0.307 e. The molecule has 1 aromatic carbocycles. The van der Waals surface area contributed by atoms with Crippen molar-refractivity contribution in [2.24, 2.45) is 0 Å². The molecule has 1 heterocycles. The molecular weight excluding hydrogens is 369 g/mol. The number of hydrogen-bond acceptors (Lipinski definition) is 4. The number of methoxy groups -OCH3 is 1. The summed E-state index contributed by atoms with van der Waals surface area (Å²) in [6, 6.07) is 8.98. The van der Waals surface area contributed by atoms with Crippen molar-refractivity contribution >= 4 is 27.8 Å². The summed E-state index contributed by atoms with van der Waals surface area (Å²) >= 11 is 3.14. The van der Waals surface area contributed by atoms with E-state index in [1.54, 1.807) is 24.3 Å². The van der Waals surface area contributed by atoms with Crippen molar-refractivity contribution in [3.05, 3.63) is 58.2 Å². The van der Waals surface area contributed by atoms with Gasteiger partial charge in [0.25, 0.3) is 5.91 Å². The zero-order valence-electron chi connectivity index (χ0n) is 12.4. The number of furan rings is 1. The smallest absolute Gasteiger partial charge is 0.307 e. The zero-order valence-corrected chi connectivity index (χ0v) is 14.0. The van der Waals surface area contributed by atoms with Gasteiger partial charge in [0.05, 0.1) is 13.5 Å². The van der Waals surface area contributed by atoms with Crippen LogP contribution in [0.4, 0.5) is 4.39 Å². The van der Waals surface area contributed by atoms with E-state index in [0.29, 0.717) is 4.67 Å². The third kappa shape index (κ3) is 4.92. The number of carbonyl (C=O) groups excluding carboxylic acids is 2. The third-order valence-electron chi connectivity index (χ3n) is 3.17. The highest BCUT2D eigenvalue weighted by Crippen LogP contribution is 2.17. The van der Waals surface area contributed by atoms with Gasteiger partial charge in [0.1, 0.15) is 5.82 Å². The number of amides is 1. The van der Waals surface area contributed by atoms with E-state index in [1.165, 1.54) is 24.1 Å². The molecule has 1 aromatic heterocycles. The minimum atomic E-state index is -0.414. The van der Waals surface area contributed by atoms with E-state index in [2.05, 4.69) is 20.7 Å². The highest BCUT2D eigenvalue weighted by atomic mass is 79.9. The highest BCUT2D eigenvalue weighted by Gasteiger charge is 2.20. The first-order chi connectivity index (χ1) is 11.0. The Morgan fingerprint density at radius 3 is 2.48 bits per heavy atom. The first-order valence-corrected chi connectivity index (χ1v) is 7.65. The van der Waals surface area contributed by atoms with Crippen molar-refractivity contribution in [2.75, 3.05) is 13.7 Å². The largest absolute Gasteiger partial charge is 0.469 e. The van der Waals surface area contributed by atoms with E-state index in [9.17, 15) is 14.0 Å². The molecule has 0 spiro atoms. The quantitative estimate of drug-likeness (QED) is 0.717. The Morgan fingerprint density at radius 2 is 1.91 bits per heavy atom. The van der Waals surface area contributed by atoms with Gasteiger partial charge in [-0.25, -0.2) is 4.39 Å². The van der Waals surface area contributed by atoms with Crippen LogP contribution >= 0.6 is 15.9 Å². The molecule has 7 heteroatoms. The van der Waals surface area contributed by atoms with Crippen LogP contribution in [-0.2, 0) is 16.1 Å². The number of halogens is 2. The predicted molar refractivity (Wildman–Crippen MR) is 84.2 cm³/mol. The van der Waals surface area contributed by atoms with Crippen LogP contribution in [0.2, 0.25) is 0 Å². The SMILES string of the molecule is COC(=O)CCN(Cc1ccc(F)cc1)C(=O)c1ccc(Br)o1. The predicted octanol–water partition coefficient (Wildman–Crippen LogP) is 3.39. The molecule has 0 radical (unpaired) electrons. The normalized spacial score (nSPS) is 10.4. The summed E-state index contributed by atoms with van der Waals surface area (Å²) in [5.74, 6) is -0.966. The number of ether oxygens (including phenoxy) is 1. The molecule has 0 aliphatic heterocycles. The molecule has 122 valence electrons. The number of benzene rings is 1. The maximum atomic E-state index is 13.0. The summed E-state index contributed by atoms with van der Waals surface area (Å²) in [4.78, 5) is 25.3. The Kier molecular flexibility index (Phi) is 5.92. The van der Waals surface area contributed by atoms with Crippen molar-refractivity contribution in [3.63, 3.8) is 0 Å². The fourth-order valence-corrected chi connectivity index (χ4v) is 2.28. The van der Waals surface area contributed by atoms with Crippen molar-refractivity contribution in [3.8, 4) is 0 Å². The van der Waals surface area contributed by atoms with Gasteiger partial charge >= 0.3 is 5.97 Å². The lowest BCUT2D eigenvalue weighted by Crippen LogP contribution is -2.32. The summed E-state index contributed by atoms with van der Waals surface area (Å²) in [6.45, 7) is 0.398. The topological polar surface area (TPSA) is 59.8 Å². The van der Waals surface area contributed by atoms with E-state index >= 15 is 0 Å². The fourth-order valence-electron chi connectivity index (χ4n) is 1.98. The Morgan fingerprint density at radius 1 is 1.22 bits per heavy atom. The van der Waals surface area contributed by atoms with Crippen molar-refractivity contribution in [1.82, 2.24) is 4.90 Å². The van der Waals surface area contributed by atoms with Gasteiger partial charge in [-0.05, 0) is 45.8 Å². The van der Waals surface area contributed by atoms with Gasteiger partial charge in [0.2, 0.25) is 0 Å². The maximum absolute atomic E-state index is 13.0. The second kappa shape index (κ2) is 7.92. The molecule has 0 aliphatic rings.